The smallest absolute Gasteiger partial charge is 0.263 e. The monoisotopic (exact) mass is 664 g/mol. The number of ether oxygens (including phenoxy) is 1. The molecule has 1 fully saturated rings. The Balaban J connectivity index is 1.44. The minimum Gasteiger partial charge on any atom is -0.377 e. The Labute approximate surface area is 278 Å². The van der Waals surface area contributed by atoms with Crippen LogP contribution < -0.4 is 10.0 Å². The van der Waals surface area contributed by atoms with E-state index >= 15 is 0 Å². The average Bonchev–Trinajstić information content (AvgIpc) is 3.55. The molecule has 12 heteroatoms. The third-order valence-electron chi connectivity index (χ3n) is 9.07. The highest BCUT2D eigenvalue weighted by Crippen LogP contribution is 2.36. The van der Waals surface area contributed by atoms with Gasteiger partial charge in [0.1, 0.15) is 11.6 Å². The fraction of sp³-hybridized carbons (Fsp3) is 0.514. The Morgan fingerprint density at radius 1 is 1.11 bits per heavy atom. The normalized spacial score (nSPS) is 18.2. The molecule has 11 nitrogen and oxygen atoms in total. The first-order valence-corrected chi connectivity index (χ1v) is 18.1. The number of anilines is 1. The van der Waals surface area contributed by atoms with Crippen LogP contribution in [0.4, 0.5) is 5.82 Å². The van der Waals surface area contributed by atoms with E-state index in [0.717, 1.165) is 67.7 Å². The summed E-state index contributed by atoms with van der Waals surface area (Å²) in [5.41, 5.74) is 3.72. The number of hydrogen-bond acceptors (Lipinski definition) is 9. The van der Waals surface area contributed by atoms with Crippen molar-refractivity contribution in [3.63, 3.8) is 0 Å². The van der Waals surface area contributed by atoms with Gasteiger partial charge in [-0.25, -0.2) is 8.42 Å². The molecule has 1 saturated heterocycles. The molecule has 1 amide bonds. The molecule has 1 aromatic heterocycles. The van der Waals surface area contributed by atoms with Gasteiger partial charge in [0.2, 0.25) is 5.91 Å². The van der Waals surface area contributed by atoms with Crippen LogP contribution in [-0.2, 0) is 32.7 Å². The van der Waals surface area contributed by atoms with E-state index in [9.17, 15) is 13.2 Å². The number of aliphatic imine (C=N–C) groups is 1. The van der Waals surface area contributed by atoms with Crippen molar-refractivity contribution < 1.29 is 22.5 Å². The van der Waals surface area contributed by atoms with E-state index in [4.69, 9.17) is 14.3 Å². The Morgan fingerprint density at radius 3 is 2.64 bits per heavy atom. The topological polar surface area (TPSA) is 129 Å². The number of carbonyl (C=O) groups is 1. The second-order valence-electron chi connectivity index (χ2n) is 12.6. The summed E-state index contributed by atoms with van der Waals surface area (Å²) in [6.45, 7) is 11.7. The SMILES string of the molecule is CCCCC1=N[C@]2(CCCN(C(=O)CNC)C2)CN1Cc1ccc(-c2ccccc2S(=O)(=O)Nc2noc(C)c2C)c(COCC)c1. The summed E-state index contributed by atoms with van der Waals surface area (Å²) in [6.07, 6.45) is 4.93. The lowest BCUT2D eigenvalue weighted by Crippen LogP contribution is -2.53. The van der Waals surface area contributed by atoms with Crippen LogP contribution in [0.2, 0.25) is 0 Å². The first kappa shape index (κ1) is 34.6. The van der Waals surface area contributed by atoms with Crippen LogP contribution in [-0.4, -0.2) is 80.5 Å². The zero-order valence-corrected chi connectivity index (χ0v) is 29.1. The molecule has 1 atom stereocenters. The fourth-order valence-corrected chi connectivity index (χ4v) is 7.79. The fourth-order valence-electron chi connectivity index (χ4n) is 6.51. The largest absolute Gasteiger partial charge is 0.377 e. The second kappa shape index (κ2) is 15.0. The van der Waals surface area contributed by atoms with Crippen LogP contribution in [0.25, 0.3) is 11.1 Å². The van der Waals surface area contributed by atoms with E-state index in [1.165, 1.54) is 0 Å². The number of likely N-dealkylation sites (N-methyl/N-ethyl adjacent to an activating group) is 1. The van der Waals surface area contributed by atoms with E-state index in [0.29, 0.717) is 49.7 Å². The van der Waals surface area contributed by atoms with Gasteiger partial charge in [-0.05, 0) is 69.8 Å². The highest BCUT2D eigenvalue weighted by atomic mass is 32.2. The minimum absolute atomic E-state index is 0.121. The molecule has 254 valence electrons. The molecule has 3 aromatic rings. The van der Waals surface area contributed by atoms with E-state index < -0.39 is 10.0 Å². The summed E-state index contributed by atoms with van der Waals surface area (Å²) in [6, 6.07) is 13.2. The molecule has 0 unspecified atom stereocenters. The lowest BCUT2D eigenvalue weighted by atomic mass is 9.89. The Bertz CT molecular complexity index is 1700. The molecule has 1 spiro atoms. The predicted molar refractivity (Wildman–Crippen MR) is 184 cm³/mol. The highest BCUT2D eigenvalue weighted by Gasteiger charge is 2.43. The molecule has 0 radical (unpaired) electrons. The van der Waals surface area contributed by atoms with Gasteiger partial charge < -0.3 is 24.4 Å². The third-order valence-corrected chi connectivity index (χ3v) is 10.5. The summed E-state index contributed by atoms with van der Waals surface area (Å²) in [7, 11) is -2.18. The van der Waals surface area contributed by atoms with Crippen molar-refractivity contribution in [2.75, 3.05) is 44.6 Å². The van der Waals surface area contributed by atoms with E-state index in [1.807, 2.05) is 30.0 Å². The Hall–Kier alpha value is -3.74. The van der Waals surface area contributed by atoms with Crippen molar-refractivity contribution in [2.45, 2.75) is 83.4 Å². The number of rotatable bonds is 14. The molecule has 47 heavy (non-hydrogen) atoms. The van der Waals surface area contributed by atoms with Crippen LogP contribution in [0.1, 0.15) is 68.4 Å². The van der Waals surface area contributed by atoms with Crippen molar-refractivity contribution in [1.29, 1.82) is 0 Å². The number of benzene rings is 2. The predicted octanol–water partition coefficient (Wildman–Crippen LogP) is 5.28. The van der Waals surface area contributed by atoms with Crippen molar-refractivity contribution in [2.24, 2.45) is 4.99 Å². The maximum atomic E-state index is 13.7. The average molecular weight is 665 g/mol. The molecule has 2 N–H and O–H groups in total. The summed E-state index contributed by atoms with van der Waals surface area (Å²) in [5.74, 6) is 1.96. The van der Waals surface area contributed by atoms with E-state index in [1.54, 1.807) is 33.0 Å². The number of amidine groups is 1. The van der Waals surface area contributed by atoms with Crippen LogP contribution in [0, 0.1) is 13.8 Å². The number of nitrogens with zero attached hydrogens (tertiary/aromatic N) is 4. The number of piperidine rings is 1. The van der Waals surface area contributed by atoms with Gasteiger partial charge in [-0.15, -0.1) is 0 Å². The zero-order chi connectivity index (χ0) is 33.6. The summed E-state index contributed by atoms with van der Waals surface area (Å²) in [4.78, 5) is 22.6. The lowest BCUT2D eigenvalue weighted by Gasteiger charge is -2.39. The highest BCUT2D eigenvalue weighted by molar-refractivity contribution is 7.92. The maximum Gasteiger partial charge on any atom is 0.263 e. The van der Waals surface area contributed by atoms with Gasteiger partial charge in [-0.3, -0.25) is 14.5 Å². The molecule has 3 heterocycles. The second-order valence-corrected chi connectivity index (χ2v) is 14.3. The van der Waals surface area contributed by atoms with Crippen molar-refractivity contribution in [3.8, 4) is 11.1 Å². The standard InChI is InChI=1S/C35H48N6O5S/c1-6-8-14-32-37-35(17-11-18-40(23-35)33(42)20-36-5)24-41(32)21-27-15-16-29(28(19-27)22-45-7-2)30-12-9-10-13-31(30)47(43,44)39-34-25(3)26(4)46-38-34/h9-10,12-13,15-16,19,36H,6-8,11,14,17-18,20-24H2,1-5H3,(H,38,39)/t35-/m0/s1. The number of unbranched alkanes of at least 4 members (excludes halogenated alkanes) is 1. The van der Waals surface area contributed by atoms with Crippen LogP contribution in [0.5, 0.6) is 0 Å². The first-order valence-electron chi connectivity index (χ1n) is 16.6. The number of amides is 1. The van der Waals surface area contributed by atoms with Crippen molar-refractivity contribution >= 4 is 27.6 Å². The van der Waals surface area contributed by atoms with Gasteiger partial charge in [-0.1, -0.05) is 54.9 Å². The molecule has 0 saturated carbocycles. The quantitative estimate of drug-likeness (QED) is 0.238. The van der Waals surface area contributed by atoms with Crippen LogP contribution >= 0.6 is 0 Å². The van der Waals surface area contributed by atoms with Crippen LogP contribution in [0.15, 0.2) is 56.9 Å². The number of sulfonamides is 1. The zero-order valence-electron chi connectivity index (χ0n) is 28.3. The molecular weight excluding hydrogens is 616 g/mol. The number of nitrogens with one attached hydrogen (secondary N) is 2. The van der Waals surface area contributed by atoms with Crippen molar-refractivity contribution in [3.05, 3.63) is 64.9 Å². The minimum atomic E-state index is -3.98. The number of carbonyl (C=O) groups excluding carboxylic acids is 1. The molecule has 2 aliphatic rings. The van der Waals surface area contributed by atoms with Gasteiger partial charge >= 0.3 is 0 Å². The Kier molecular flexibility index (Phi) is 11.0. The lowest BCUT2D eigenvalue weighted by molar-refractivity contribution is -0.132. The molecule has 5 rings (SSSR count). The van der Waals surface area contributed by atoms with Gasteiger partial charge in [0.05, 0.1) is 23.6 Å². The number of hydrogen-bond donors (Lipinski definition) is 2. The number of aromatic nitrogens is 1. The molecule has 2 aromatic carbocycles. The van der Waals surface area contributed by atoms with Gasteiger partial charge in [0.25, 0.3) is 10.0 Å². The molecule has 2 aliphatic heterocycles. The van der Waals surface area contributed by atoms with E-state index in [2.05, 4.69) is 39.2 Å². The van der Waals surface area contributed by atoms with Crippen molar-refractivity contribution in [1.82, 2.24) is 20.3 Å². The van der Waals surface area contributed by atoms with E-state index in [-0.39, 0.29) is 22.2 Å². The number of likely N-dealkylation sites (tertiary alicyclic amines) is 1. The molecule has 0 aliphatic carbocycles. The van der Waals surface area contributed by atoms with Gasteiger partial charge in [-0.2, -0.15) is 0 Å². The summed E-state index contributed by atoms with van der Waals surface area (Å²) >= 11 is 0. The molecule has 0 bridgehead atoms. The third kappa shape index (κ3) is 7.88. The summed E-state index contributed by atoms with van der Waals surface area (Å²) < 4.78 is 41.1. The maximum absolute atomic E-state index is 13.7. The first-order chi connectivity index (χ1) is 22.6. The molecular formula is C35H48N6O5S. The number of aryl methyl sites for hydroxylation is 1. The summed E-state index contributed by atoms with van der Waals surface area (Å²) in [5, 5.41) is 6.89. The van der Waals surface area contributed by atoms with Crippen LogP contribution in [0.3, 0.4) is 0 Å². The van der Waals surface area contributed by atoms with Gasteiger partial charge in [0.15, 0.2) is 5.82 Å². The van der Waals surface area contributed by atoms with Gasteiger partial charge in [0, 0.05) is 50.3 Å². The Morgan fingerprint density at radius 2 is 1.91 bits per heavy atom.